The van der Waals surface area contributed by atoms with Crippen LogP contribution < -0.4 is 5.32 Å². The number of aromatic nitrogens is 2. The van der Waals surface area contributed by atoms with Crippen LogP contribution in [0.25, 0.3) is 0 Å². The molecule has 1 saturated heterocycles. The highest BCUT2D eigenvalue weighted by Gasteiger charge is 2.18. The number of hydrogen-bond donors (Lipinski definition) is 1. The van der Waals surface area contributed by atoms with Crippen molar-refractivity contribution in [2.75, 3.05) is 19.6 Å². The lowest BCUT2D eigenvalue weighted by Crippen LogP contribution is -2.37. The molecule has 1 aromatic heterocycles. The zero-order valence-electron chi connectivity index (χ0n) is 10.8. The lowest BCUT2D eigenvalue weighted by molar-refractivity contribution is 0.218. The first-order chi connectivity index (χ1) is 8.28. The van der Waals surface area contributed by atoms with E-state index in [0.29, 0.717) is 11.9 Å². The van der Waals surface area contributed by atoms with Gasteiger partial charge in [-0.05, 0) is 32.4 Å². The maximum atomic E-state index is 5.44. The summed E-state index contributed by atoms with van der Waals surface area (Å²) >= 11 is 0. The molecule has 1 aliphatic rings. The fraction of sp³-hybridized carbons (Fsp3) is 0.833. The van der Waals surface area contributed by atoms with Gasteiger partial charge in [0.25, 0.3) is 0 Å². The first-order valence-corrected chi connectivity index (χ1v) is 6.52. The summed E-state index contributed by atoms with van der Waals surface area (Å²) < 4.78 is 5.44. The van der Waals surface area contributed by atoms with Gasteiger partial charge in [-0.25, -0.2) is 0 Å². The van der Waals surface area contributed by atoms with Gasteiger partial charge in [-0.2, -0.15) is 0 Å². The minimum Gasteiger partial charge on any atom is -0.424 e. The summed E-state index contributed by atoms with van der Waals surface area (Å²) in [4.78, 5) is 2.40. The maximum absolute atomic E-state index is 5.44. The highest BCUT2D eigenvalue weighted by atomic mass is 16.4. The third-order valence-electron chi connectivity index (χ3n) is 3.11. The molecule has 0 aromatic carbocycles. The Labute approximate surface area is 103 Å². The molecule has 5 nitrogen and oxygen atoms in total. The van der Waals surface area contributed by atoms with E-state index >= 15 is 0 Å². The van der Waals surface area contributed by atoms with Crippen molar-refractivity contribution in [3.8, 4) is 0 Å². The Bertz CT molecular complexity index is 333. The van der Waals surface area contributed by atoms with Gasteiger partial charge in [0.2, 0.25) is 11.8 Å². The van der Waals surface area contributed by atoms with E-state index in [4.69, 9.17) is 4.42 Å². The minimum atomic E-state index is 0.630. The Morgan fingerprint density at radius 1 is 1.47 bits per heavy atom. The summed E-state index contributed by atoms with van der Waals surface area (Å²) in [7, 11) is 0. The Hall–Kier alpha value is -0.940. The highest BCUT2D eigenvalue weighted by Crippen LogP contribution is 2.10. The van der Waals surface area contributed by atoms with E-state index in [1.165, 1.54) is 12.8 Å². The standard InChI is InChI=1S/C12H22N4O/c1-3-7-16(8-11-5-4-6-13-11)9-12-15-14-10(2)17-12/h11,13H,3-9H2,1-2H3. The topological polar surface area (TPSA) is 54.2 Å². The second kappa shape index (κ2) is 6.12. The largest absolute Gasteiger partial charge is 0.424 e. The number of aryl methyl sites for hydroxylation is 1. The Morgan fingerprint density at radius 3 is 2.94 bits per heavy atom. The van der Waals surface area contributed by atoms with Gasteiger partial charge in [-0.3, -0.25) is 4.90 Å². The molecule has 0 aliphatic carbocycles. The van der Waals surface area contributed by atoms with Crippen molar-refractivity contribution in [1.82, 2.24) is 20.4 Å². The molecule has 17 heavy (non-hydrogen) atoms. The number of nitrogens with one attached hydrogen (secondary N) is 1. The zero-order chi connectivity index (χ0) is 12.1. The Kier molecular flexibility index (Phi) is 4.50. The fourth-order valence-corrected chi connectivity index (χ4v) is 2.37. The molecule has 1 aliphatic heterocycles. The first-order valence-electron chi connectivity index (χ1n) is 6.52. The second-order valence-corrected chi connectivity index (χ2v) is 4.74. The van der Waals surface area contributed by atoms with Gasteiger partial charge in [0.05, 0.1) is 6.54 Å². The van der Waals surface area contributed by atoms with E-state index in [9.17, 15) is 0 Å². The van der Waals surface area contributed by atoms with Crippen molar-refractivity contribution in [3.63, 3.8) is 0 Å². The summed E-state index contributed by atoms with van der Waals surface area (Å²) in [5.41, 5.74) is 0. The quantitative estimate of drug-likeness (QED) is 0.810. The van der Waals surface area contributed by atoms with Crippen LogP contribution in [0.15, 0.2) is 4.42 Å². The van der Waals surface area contributed by atoms with Crippen LogP contribution in [0, 0.1) is 6.92 Å². The molecule has 0 amide bonds. The Morgan fingerprint density at radius 2 is 2.35 bits per heavy atom. The van der Waals surface area contributed by atoms with Crippen LogP contribution in [0.2, 0.25) is 0 Å². The average Bonchev–Trinajstić information content (AvgIpc) is 2.91. The van der Waals surface area contributed by atoms with Gasteiger partial charge in [0.15, 0.2) is 0 Å². The molecule has 1 fully saturated rings. The second-order valence-electron chi connectivity index (χ2n) is 4.74. The van der Waals surface area contributed by atoms with Crippen molar-refractivity contribution in [3.05, 3.63) is 11.8 Å². The van der Waals surface area contributed by atoms with Crippen LogP contribution >= 0.6 is 0 Å². The van der Waals surface area contributed by atoms with Crippen molar-refractivity contribution < 1.29 is 4.42 Å². The van der Waals surface area contributed by atoms with Crippen molar-refractivity contribution in [2.24, 2.45) is 0 Å². The van der Waals surface area contributed by atoms with Gasteiger partial charge in [-0.15, -0.1) is 10.2 Å². The molecule has 1 unspecified atom stereocenters. The third kappa shape index (κ3) is 3.78. The molecule has 2 heterocycles. The molecule has 0 spiro atoms. The minimum absolute atomic E-state index is 0.630. The van der Waals surface area contributed by atoms with Crippen LogP contribution in [0.3, 0.4) is 0 Å². The summed E-state index contributed by atoms with van der Waals surface area (Å²) in [5.74, 6) is 1.38. The van der Waals surface area contributed by atoms with E-state index in [-0.39, 0.29) is 0 Å². The lowest BCUT2D eigenvalue weighted by Gasteiger charge is -2.23. The number of hydrogen-bond acceptors (Lipinski definition) is 5. The summed E-state index contributed by atoms with van der Waals surface area (Å²) in [6.45, 7) is 8.12. The van der Waals surface area contributed by atoms with E-state index in [2.05, 4.69) is 27.3 Å². The normalized spacial score (nSPS) is 20.3. The molecule has 1 atom stereocenters. The number of rotatable bonds is 6. The summed E-state index contributed by atoms with van der Waals surface area (Å²) in [6.07, 6.45) is 3.73. The first kappa shape index (κ1) is 12.5. The summed E-state index contributed by atoms with van der Waals surface area (Å²) in [5, 5.41) is 11.5. The predicted molar refractivity (Wildman–Crippen MR) is 65.6 cm³/mol. The predicted octanol–water partition coefficient (Wildman–Crippen LogP) is 1.34. The van der Waals surface area contributed by atoms with E-state index in [1.54, 1.807) is 0 Å². The average molecular weight is 238 g/mol. The number of nitrogens with zero attached hydrogens (tertiary/aromatic N) is 3. The van der Waals surface area contributed by atoms with Gasteiger partial charge >= 0.3 is 0 Å². The van der Waals surface area contributed by atoms with Crippen molar-refractivity contribution in [2.45, 2.75) is 45.7 Å². The fourth-order valence-electron chi connectivity index (χ4n) is 2.37. The van der Waals surface area contributed by atoms with Gasteiger partial charge in [0, 0.05) is 19.5 Å². The monoisotopic (exact) mass is 238 g/mol. The SMILES string of the molecule is CCCN(Cc1nnc(C)o1)CC1CCCN1. The molecular weight excluding hydrogens is 216 g/mol. The van der Waals surface area contributed by atoms with E-state index in [0.717, 1.165) is 38.5 Å². The molecule has 0 saturated carbocycles. The summed E-state index contributed by atoms with van der Waals surface area (Å²) in [6, 6.07) is 0.630. The molecular formula is C12H22N4O. The Balaban J connectivity index is 1.87. The van der Waals surface area contributed by atoms with Gasteiger partial charge < -0.3 is 9.73 Å². The lowest BCUT2D eigenvalue weighted by atomic mass is 10.2. The molecule has 2 rings (SSSR count). The van der Waals surface area contributed by atoms with E-state index in [1.807, 2.05) is 6.92 Å². The molecule has 1 N–H and O–H groups in total. The smallest absolute Gasteiger partial charge is 0.230 e. The van der Waals surface area contributed by atoms with Crippen LogP contribution in [0.5, 0.6) is 0 Å². The zero-order valence-corrected chi connectivity index (χ0v) is 10.8. The third-order valence-corrected chi connectivity index (χ3v) is 3.11. The maximum Gasteiger partial charge on any atom is 0.230 e. The molecule has 1 aromatic rings. The van der Waals surface area contributed by atoms with Crippen molar-refractivity contribution >= 4 is 0 Å². The van der Waals surface area contributed by atoms with Crippen molar-refractivity contribution in [1.29, 1.82) is 0 Å². The van der Waals surface area contributed by atoms with Crippen LogP contribution in [0.4, 0.5) is 0 Å². The molecule has 5 heteroatoms. The van der Waals surface area contributed by atoms with Crippen LogP contribution in [0.1, 0.15) is 38.0 Å². The van der Waals surface area contributed by atoms with Gasteiger partial charge in [-0.1, -0.05) is 6.92 Å². The van der Waals surface area contributed by atoms with Gasteiger partial charge in [0.1, 0.15) is 0 Å². The highest BCUT2D eigenvalue weighted by molar-refractivity contribution is 4.82. The van der Waals surface area contributed by atoms with Crippen LogP contribution in [-0.4, -0.2) is 40.8 Å². The van der Waals surface area contributed by atoms with E-state index < -0.39 is 0 Å². The van der Waals surface area contributed by atoms with Crippen LogP contribution in [-0.2, 0) is 6.54 Å². The molecule has 96 valence electrons. The molecule has 0 radical (unpaired) electrons. The molecule has 0 bridgehead atoms.